The van der Waals surface area contributed by atoms with E-state index in [0.717, 1.165) is 29.1 Å². The number of hydrogen-bond donors (Lipinski definition) is 1. The zero-order chi connectivity index (χ0) is 12.1. The summed E-state index contributed by atoms with van der Waals surface area (Å²) in [7, 11) is 3.26. The smallest absolute Gasteiger partial charge is 0.127 e. The summed E-state index contributed by atoms with van der Waals surface area (Å²) in [5.41, 5.74) is 8.07. The minimum Gasteiger partial charge on any atom is -0.496 e. The van der Waals surface area contributed by atoms with Crippen LogP contribution in [0.15, 0.2) is 30.4 Å². The summed E-state index contributed by atoms with van der Waals surface area (Å²) >= 11 is 0. The van der Waals surface area contributed by atoms with Crippen LogP contribution in [0.3, 0.4) is 0 Å². The molecule has 0 aromatic heterocycles. The molecular formula is C13H20ClNO2. The molecule has 0 aliphatic heterocycles. The molecule has 2 N–H and O–H groups in total. The maximum atomic E-state index is 6.13. The molecule has 4 heteroatoms. The normalized spacial score (nSPS) is 11.3. The highest BCUT2D eigenvalue weighted by Crippen LogP contribution is 2.35. The molecular weight excluding hydrogens is 238 g/mol. The van der Waals surface area contributed by atoms with Crippen LogP contribution in [-0.2, 0) is 0 Å². The maximum absolute atomic E-state index is 6.13. The Labute approximate surface area is 109 Å². The van der Waals surface area contributed by atoms with E-state index in [1.807, 2.05) is 25.1 Å². The largest absolute Gasteiger partial charge is 0.496 e. The van der Waals surface area contributed by atoms with Crippen molar-refractivity contribution in [1.82, 2.24) is 0 Å². The third-order valence-electron chi connectivity index (χ3n) is 2.41. The van der Waals surface area contributed by atoms with E-state index in [0.29, 0.717) is 0 Å². The van der Waals surface area contributed by atoms with Crippen molar-refractivity contribution >= 4 is 12.4 Å². The van der Waals surface area contributed by atoms with E-state index in [9.17, 15) is 0 Å². The molecule has 0 aliphatic rings. The maximum Gasteiger partial charge on any atom is 0.127 e. The molecule has 1 rings (SSSR count). The van der Waals surface area contributed by atoms with Gasteiger partial charge in [-0.25, -0.2) is 0 Å². The van der Waals surface area contributed by atoms with E-state index in [-0.39, 0.29) is 18.4 Å². The fourth-order valence-corrected chi connectivity index (χ4v) is 1.72. The summed E-state index contributed by atoms with van der Waals surface area (Å²) in [5.74, 6) is 1.52. The summed E-state index contributed by atoms with van der Waals surface area (Å²) in [4.78, 5) is 0. The van der Waals surface area contributed by atoms with Crippen LogP contribution in [0.1, 0.15) is 24.9 Å². The second kappa shape index (κ2) is 7.20. The molecule has 0 radical (unpaired) electrons. The first-order chi connectivity index (χ1) is 7.60. The van der Waals surface area contributed by atoms with Gasteiger partial charge in [-0.2, -0.15) is 0 Å². The standard InChI is InChI=1S/C13H19NO2.ClH/c1-9(2)8-10(14)13-11(15-3)6-5-7-12(13)16-4;/h5-7,10H,1,8,14H2,2-4H3;1H/t10-;/m0./s1. The molecule has 0 fully saturated rings. The van der Waals surface area contributed by atoms with Gasteiger partial charge in [0.15, 0.2) is 0 Å². The predicted molar refractivity (Wildman–Crippen MR) is 73.2 cm³/mol. The van der Waals surface area contributed by atoms with Crippen LogP contribution in [-0.4, -0.2) is 14.2 Å². The SMILES string of the molecule is C=C(C)C[C@H](N)c1c(OC)cccc1OC.Cl. The van der Waals surface area contributed by atoms with Gasteiger partial charge in [-0.05, 0) is 25.5 Å². The fourth-order valence-electron chi connectivity index (χ4n) is 1.72. The molecule has 0 aliphatic carbocycles. The van der Waals surface area contributed by atoms with Crippen molar-refractivity contribution in [2.75, 3.05) is 14.2 Å². The first-order valence-corrected chi connectivity index (χ1v) is 5.21. The highest BCUT2D eigenvalue weighted by Gasteiger charge is 2.17. The second-order valence-corrected chi connectivity index (χ2v) is 3.84. The number of methoxy groups -OCH3 is 2. The van der Waals surface area contributed by atoms with Gasteiger partial charge in [0.2, 0.25) is 0 Å². The van der Waals surface area contributed by atoms with Crippen LogP contribution in [0.25, 0.3) is 0 Å². The summed E-state index contributed by atoms with van der Waals surface area (Å²) in [6.07, 6.45) is 0.719. The van der Waals surface area contributed by atoms with Crippen molar-refractivity contribution in [3.05, 3.63) is 35.9 Å². The van der Waals surface area contributed by atoms with Crippen LogP contribution in [0.4, 0.5) is 0 Å². The van der Waals surface area contributed by atoms with Crippen molar-refractivity contribution in [3.63, 3.8) is 0 Å². The number of rotatable bonds is 5. The number of hydrogen-bond acceptors (Lipinski definition) is 3. The van der Waals surface area contributed by atoms with Gasteiger partial charge < -0.3 is 15.2 Å². The lowest BCUT2D eigenvalue weighted by molar-refractivity contribution is 0.379. The Balaban J connectivity index is 0.00000256. The number of ether oxygens (including phenoxy) is 2. The molecule has 0 saturated heterocycles. The Morgan fingerprint density at radius 3 is 2.12 bits per heavy atom. The average molecular weight is 258 g/mol. The van der Waals surface area contributed by atoms with Gasteiger partial charge >= 0.3 is 0 Å². The number of halogens is 1. The molecule has 0 saturated carbocycles. The molecule has 3 nitrogen and oxygen atoms in total. The third kappa shape index (κ3) is 3.95. The second-order valence-electron chi connectivity index (χ2n) is 3.84. The molecule has 96 valence electrons. The van der Waals surface area contributed by atoms with Gasteiger partial charge in [-0.3, -0.25) is 0 Å². The fraction of sp³-hybridized carbons (Fsp3) is 0.385. The van der Waals surface area contributed by atoms with E-state index in [4.69, 9.17) is 15.2 Å². The van der Waals surface area contributed by atoms with Crippen LogP contribution in [0.2, 0.25) is 0 Å². The molecule has 0 heterocycles. The van der Waals surface area contributed by atoms with Crippen LogP contribution < -0.4 is 15.2 Å². The molecule has 1 aromatic carbocycles. The Bertz CT molecular complexity index is 357. The van der Waals surface area contributed by atoms with E-state index >= 15 is 0 Å². The Kier molecular flexibility index (Phi) is 6.69. The van der Waals surface area contributed by atoms with Gasteiger partial charge in [0, 0.05) is 6.04 Å². The molecule has 1 aromatic rings. The topological polar surface area (TPSA) is 44.5 Å². The summed E-state index contributed by atoms with van der Waals surface area (Å²) in [6.45, 7) is 5.83. The summed E-state index contributed by atoms with van der Waals surface area (Å²) in [6, 6.07) is 5.50. The summed E-state index contributed by atoms with van der Waals surface area (Å²) < 4.78 is 10.6. The third-order valence-corrected chi connectivity index (χ3v) is 2.41. The van der Waals surface area contributed by atoms with Gasteiger partial charge in [-0.15, -0.1) is 19.0 Å². The van der Waals surface area contributed by atoms with Gasteiger partial charge in [0.25, 0.3) is 0 Å². The molecule has 0 unspecified atom stereocenters. The Morgan fingerprint density at radius 1 is 1.29 bits per heavy atom. The van der Waals surface area contributed by atoms with E-state index in [2.05, 4.69) is 6.58 Å². The van der Waals surface area contributed by atoms with Gasteiger partial charge in [0.1, 0.15) is 11.5 Å². The minimum absolute atomic E-state index is 0. The van der Waals surface area contributed by atoms with Crippen molar-refractivity contribution < 1.29 is 9.47 Å². The number of benzene rings is 1. The minimum atomic E-state index is -0.149. The summed E-state index contributed by atoms with van der Waals surface area (Å²) in [5, 5.41) is 0. The van der Waals surface area contributed by atoms with Crippen molar-refractivity contribution in [2.24, 2.45) is 5.73 Å². The lowest BCUT2D eigenvalue weighted by atomic mass is 9.99. The Hall–Kier alpha value is -1.19. The molecule has 0 spiro atoms. The van der Waals surface area contributed by atoms with Gasteiger partial charge in [-0.1, -0.05) is 11.6 Å². The monoisotopic (exact) mass is 257 g/mol. The first kappa shape index (κ1) is 15.8. The van der Waals surface area contributed by atoms with Crippen molar-refractivity contribution in [1.29, 1.82) is 0 Å². The van der Waals surface area contributed by atoms with E-state index < -0.39 is 0 Å². The van der Waals surface area contributed by atoms with Crippen LogP contribution in [0.5, 0.6) is 11.5 Å². The zero-order valence-corrected chi connectivity index (χ0v) is 11.3. The van der Waals surface area contributed by atoms with Crippen LogP contribution in [0, 0.1) is 0 Å². The van der Waals surface area contributed by atoms with E-state index in [1.54, 1.807) is 14.2 Å². The Morgan fingerprint density at radius 2 is 1.76 bits per heavy atom. The highest BCUT2D eigenvalue weighted by molar-refractivity contribution is 5.85. The predicted octanol–water partition coefficient (Wildman–Crippen LogP) is 3.09. The molecule has 17 heavy (non-hydrogen) atoms. The van der Waals surface area contributed by atoms with Crippen LogP contribution >= 0.6 is 12.4 Å². The van der Waals surface area contributed by atoms with Crippen molar-refractivity contribution in [2.45, 2.75) is 19.4 Å². The quantitative estimate of drug-likeness (QED) is 0.825. The van der Waals surface area contributed by atoms with E-state index in [1.165, 1.54) is 0 Å². The zero-order valence-electron chi connectivity index (χ0n) is 10.5. The lowest BCUT2D eigenvalue weighted by Gasteiger charge is -2.18. The number of nitrogens with two attached hydrogens (primary N) is 1. The average Bonchev–Trinajstić information content (AvgIpc) is 2.26. The molecule has 0 bridgehead atoms. The lowest BCUT2D eigenvalue weighted by Crippen LogP contribution is -2.13. The van der Waals surface area contributed by atoms with Gasteiger partial charge in [0.05, 0.1) is 19.8 Å². The molecule has 1 atom stereocenters. The first-order valence-electron chi connectivity index (χ1n) is 5.21. The molecule has 0 amide bonds. The highest BCUT2D eigenvalue weighted by atomic mass is 35.5. The van der Waals surface area contributed by atoms with Crippen molar-refractivity contribution in [3.8, 4) is 11.5 Å².